The Morgan fingerprint density at radius 3 is 3.00 bits per heavy atom. The summed E-state index contributed by atoms with van der Waals surface area (Å²) >= 11 is 5.07. The predicted octanol–water partition coefficient (Wildman–Crippen LogP) is 3.04. The van der Waals surface area contributed by atoms with Gasteiger partial charge in [0.15, 0.2) is 0 Å². The topological polar surface area (TPSA) is 46.6 Å². The maximum atomic E-state index is 12.7. The fraction of sp³-hybridized carbons (Fsp3) is 0.625. The first-order chi connectivity index (χ1) is 10.7. The van der Waals surface area contributed by atoms with E-state index in [1.807, 2.05) is 15.7 Å². The van der Waals surface area contributed by atoms with Crippen molar-refractivity contribution >= 4 is 39.0 Å². The van der Waals surface area contributed by atoms with Gasteiger partial charge in [0.1, 0.15) is 5.78 Å². The summed E-state index contributed by atoms with van der Waals surface area (Å²) in [6, 6.07) is -0.0774. The van der Waals surface area contributed by atoms with Gasteiger partial charge < -0.3 is 9.64 Å². The Hall–Kier alpha value is -0.720. The number of rotatable bonds is 3. The third-order valence-corrected chi connectivity index (χ3v) is 6.42. The number of halogens is 1. The molecule has 2 heterocycles. The van der Waals surface area contributed by atoms with E-state index in [0.29, 0.717) is 38.4 Å². The van der Waals surface area contributed by atoms with Gasteiger partial charge in [-0.3, -0.25) is 9.59 Å². The summed E-state index contributed by atoms with van der Waals surface area (Å²) in [6.45, 7) is 1.65. The van der Waals surface area contributed by atoms with Crippen LogP contribution in [-0.4, -0.2) is 42.4 Å². The van der Waals surface area contributed by atoms with E-state index < -0.39 is 0 Å². The molecule has 4 nitrogen and oxygen atoms in total. The van der Waals surface area contributed by atoms with Crippen LogP contribution in [0.3, 0.4) is 0 Å². The van der Waals surface area contributed by atoms with Crippen LogP contribution in [0.1, 0.15) is 31.2 Å². The number of ketones is 1. The van der Waals surface area contributed by atoms with Crippen LogP contribution in [0.2, 0.25) is 0 Å². The summed E-state index contributed by atoms with van der Waals surface area (Å²) in [5.74, 6) is 0.367. The molecule has 2 aliphatic rings. The highest BCUT2D eigenvalue weighted by molar-refractivity contribution is 9.10. The summed E-state index contributed by atoms with van der Waals surface area (Å²) in [5, 5.41) is 3.99. The molecule has 1 saturated heterocycles. The van der Waals surface area contributed by atoms with Crippen LogP contribution in [-0.2, 0) is 20.7 Å². The van der Waals surface area contributed by atoms with Crippen molar-refractivity contribution in [2.75, 3.05) is 19.8 Å². The summed E-state index contributed by atoms with van der Waals surface area (Å²) in [4.78, 5) is 26.8. The number of hydrogen-bond donors (Lipinski definition) is 0. The summed E-state index contributed by atoms with van der Waals surface area (Å²) < 4.78 is 6.56. The first kappa shape index (κ1) is 16.1. The predicted molar refractivity (Wildman–Crippen MR) is 89.0 cm³/mol. The monoisotopic (exact) mass is 385 g/mol. The van der Waals surface area contributed by atoms with Crippen molar-refractivity contribution < 1.29 is 14.3 Å². The lowest BCUT2D eigenvalue weighted by Crippen LogP contribution is -2.54. The minimum absolute atomic E-state index is 0.0380. The molecule has 120 valence electrons. The van der Waals surface area contributed by atoms with Crippen molar-refractivity contribution in [1.29, 1.82) is 0 Å². The zero-order valence-corrected chi connectivity index (χ0v) is 14.8. The van der Waals surface area contributed by atoms with E-state index in [1.54, 1.807) is 11.3 Å². The average molecular weight is 386 g/mol. The molecular formula is C16H20BrNO3S. The summed E-state index contributed by atoms with van der Waals surface area (Å²) in [5.41, 5.74) is 1.02. The normalized spacial score (nSPS) is 26.2. The van der Waals surface area contributed by atoms with E-state index in [0.717, 1.165) is 29.3 Å². The van der Waals surface area contributed by atoms with Gasteiger partial charge in [0.05, 0.1) is 25.7 Å². The molecule has 1 aliphatic heterocycles. The van der Waals surface area contributed by atoms with E-state index in [-0.39, 0.29) is 17.9 Å². The number of ether oxygens (including phenoxy) is 1. The molecule has 22 heavy (non-hydrogen) atoms. The van der Waals surface area contributed by atoms with Crippen molar-refractivity contribution in [1.82, 2.24) is 4.90 Å². The minimum Gasteiger partial charge on any atom is -0.377 e. The number of thiophene rings is 1. The van der Waals surface area contributed by atoms with Crippen LogP contribution in [0.15, 0.2) is 15.2 Å². The van der Waals surface area contributed by atoms with Crippen LogP contribution in [0.4, 0.5) is 0 Å². The Bertz CT molecular complexity index is 559. The first-order valence-electron chi connectivity index (χ1n) is 7.77. The molecule has 1 aromatic rings. The number of carbonyl (C=O) groups is 2. The standard InChI is InChI=1S/C16H20BrNO3S/c17-13-10-22-9-11(13)7-16(20)18-5-6-21-8-14(18)12-3-1-2-4-15(12)19/h9-10,12,14H,1-8H2. The molecule has 1 saturated carbocycles. The van der Waals surface area contributed by atoms with Gasteiger partial charge in [-0.1, -0.05) is 6.42 Å². The van der Waals surface area contributed by atoms with Crippen LogP contribution in [0.25, 0.3) is 0 Å². The van der Waals surface area contributed by atoms with Gasteiger partial charge >= 0.3 is 0 Å². The second-order valence-corrected chi connectivity index (χ2v) is 7.57. The lowest BCUT2D eigenvalue weighted by atomic mass is 9.82. The van der Waals surface area contributed by atoms with Gasteiger partial charge in [0.25, 0.3) is 0 Å². The number of hydrogen-bond acceptors (Lipinski definition) is 4. The van der Waals surface area contributed by atoms with Crippen LogP contribution < -0.4 is 0 Å². The SMILES string of the molecule is O=C1CCCCC1C1COCCN1C(=O)Cc1cscc1Br. The lowest BCUT2D eigenvalue weighted by Gasteiger charge is -2.41. The molecule has 1 amide bonds. The quantitative estimate of drug-likeness (QED) is 0.802. The van der Waals surface area contributed by atoms with Crippen LogP contribution >= 0.6 is 27.3 Å². The average Bonchev–Trinajstić information content (AvgIpc) is 2.93. The molecule has 2 atom stereocenters. The van der Waals surface area contributed by atoms with E-state index in [1.165, 1.54) is 0 Å². The molecule has 2 unspecified atom stereocenters. The molecule has 2 fully saturated rings. The van der Waals surface area contributed by atoms with Gasteiger partial charge in [0.2, 0.25) is 5.91 Å². The van der Waals surface area contributed by atoms with E-state index in [2.05, 4.69) is 15.9 Å². The van der Waals surface area contributed by atoms with Crippen LogP contribution in [0, 0.1) is 5.92 Å². The number of morpholine rings is 1. The zero-order chi connectivity index (χ0) is 15.5. The van der Waals surface area contributed by atoms with Gasteiger partial charge in [-0.25, -0.2) is 0 Å². The Morgan fingerprint density at radius 2 is 2.27 bits per heavy atom. The maximum absolute atomic E-state index is 12.7. The lowest BCUT2D eigenvalue weighted by molar-refractivity contribution is -0.145. The minimum atomic E-state index is -0.0774. The summed E-state index contributed by atoms with van der Waals surface area (Å²) in [6.07, 6.45) is 3.99. The Balaban J connectivity index is 1.73. The highest BCUT2D eigenvalue weighted by atomic mass is 79.9. The van der Waals surface area contributed by atoms with Crippen molar-refractivity contribution in [3.05, 3.63) is 20.8 Å². The third kappa shape index (κ3) is 3.44. The van der Waals surface area contributed by atoms with Gasteiger partial charge in [-0.15, -0.1) is 0 Å². The Labute approximate surface area is 143 Å². The van der Waals surface area contributed by atoms with Crippen molar-refractivity contribution in [3.8, 4) is 0 Å². The number of Topliss-reactive ketones (excluding diaryl/α,β-unsaturated/α-hetero) is 1. The smallest absolute Gasteiger partial charge is 0.227 e. The van der Waals surface area contributed by atoms with Crippen LogP contribution in [0.5, 0.6) is 0 Å². The molecule has 3 rings (SSSR count). The number of nitrogens with zero attached hydrogens (tertiary/aromatic N) is 1. The van der Waals surface area contributed by atoms with E-state index in [9.17, 15) is 9.59 Å². The highest BCUT2D eigenvalue weighted by Gasteiger charge is 2.38. The van der Waals surface area contributed by atoms with Crippen molar-refractivity contribution in [3.63, 3.8) is 0 Å². The highest BCUT2D eigenvalue weighted by Crippen LogP contribution is 2.29. The second-order valence-electron chi connectivity index (χ2n) is 5.97. The molecule has 0 spiro atoms. The molecule has 0 aromatic carbocycles. The molecule has 0 N–H and O–H groups in total. The Kier molecular flexibility index (Phi) is 5.31. The number of carbonyl (C=O) groups excluding carboxylic acids is 2. The van der Waals surface area contributed by atoms with E-state index >= 15 is 0 Å². The zero-order valence-electron chi connectivity index (χ0n) is 12.4. The second kappa shape index (κ2) is 7.23. The molecule has 1 aliphatic carbocycles. The van der Waals surface area contributed by atoms with Gasteiger partial charge in [-0.2, -0.15) is 11.3 Å². The third-order valence-electron chi connectivity index (χ3n) is 4.58. The molecule has 0 bridgehead atoms. The van der Waals surface area contributed by atoms with Gasteiger partial charge in [-0.05, 0) is 39.7 Å². The largest absolute Gasteiger partial charge is 0.377 e. The first-order valence-corrected chi connectivity index (χ1v) is 9.51. The molecular weight excluding hydrogens is 366 g/mol. The molecule has 6 heteroatoms. The van der Waals surface area contributed by atoms with E-state index in [4.69, 9.17) is 4.74 Å². The molecule has 1 aromatic heterocycles. The Morgan fingerprint density at radius 1 is 1.41 bits per heavy atom. The van der Waals surface area contributed by atoms with Crippen molar-refractivity contribution in [2.45, 2.75) is 38.1 Å². The van der Waals surface area contributed by atoms with Crippen molar-refractivity contribution in [2.24, 2.45) is 5.92 Å². The maximum Gasteiger partial charge on any atom is 0.227 e. The summed E-state index contributed by atoms with van der Waals surface area (Å²) in [7, 11) is 0. The van der Waals surface area contributed by atoms with Gasteiger partial charge in [0, 0.05) is 28.7 Å². The number of amides is 1. The molecule has 0 radical (unpaired) electrons. The fourth-order valence-electron chi connectivity index (χ4n) is 3.38. The fourth-order valence-corrected chi connectivity index (χ4v) is 4.82.